The first-order chi connectivity index (χ1) is 6.97. The summed E-state index contributed by atoms with van der Waals surface area (Å²) < 4.78 is 31.2. The molecule has 0 unspecified atom stereocenters. The van der Waals surface area contributed by atoms with Crippen molar-refractivity contribution in [3.05, 3.63) is 28.3 Å². The number of benzene rings is 1. The van der Waals surface area contributed by atoms with Crippen molar-refractivity contribution in [1.29, 1.82) is 0 Å². The van der Waals surface area contributed by atoms with Crippen molar-refractivity contribution in [3.8, 4) is 5.75 Å². The van der Waals surface area contributed by atoms with Crippen molar-refractivity contribution in [2.24, 2.45) is 0 Å². The first-order valence-electron chi connectivity index (χ1n) is 4.17. The number of ketones is 1. The molecule has 5 heteroatoms. The lowest BCUT2D eigenvalue weighted by molar-refractivity contribution is -0.116. The molecule has 0 bridgehead atoms. The van der Waals surface area contributed by atoms with E-state index in [-0.39, 0.29) is 22.8 Å². The Hall–Kier alpha value is -1.16. The van der Waals surface area contributed by atoms with Gasteiger partial charge in [-0.05, 0) is 13.0 Å². The average molecular weight is 235 g/mol. The monoisotopic (exact) mass is 234 g/mol. The fourth-order valence-corrected chi connectivity index (χ4v) is 1.42. The minimum atomic E-state index is -0.955. The minimum absolute atomic E-state index is 0.0331. The predicted octanol–water partition coefficient (Wildman–Crippen LogP) is 2.76. The number of ether oxygens (including phenoxy) is 1. The molecule has 0 spiro atoms. The maximum atomic E-state index is 13.5. The highest BCUT2D eigenvalue weighted by Gasteiger charge is 2.18. The summed E-state index contributed by atoms with van der Waals surface area (Å²) in [5.41, 5.74) is 0.0331. The lowest BCUT2D eigenvalue weighted by Gasteiger charge is -2.08. The van der Waals surface area contributed by atoms with Gasteiger partial charge in [0.05, 0.1) is 12.1 Å². The van der Waals surface area contributed by atoms with Gasteiger partial charge in [0.15, 0.2) is 17.4 Å². The third-order valence-electron chi connectivity index (χ3n) is 1.83. The summed E-state index contributed by atoms with van der Waals surface area (Å²) in [6.45, 7) is 1.31. The summed E-state index contributed by atoms with van der Waals surface area (Å²) in [6.07, 6.45) is -0.137. The number of Topliss-reactive ketones (excluding diaryl/α,β-unsaturated/α-hetero) is 1. The van der Waals surface area contributed by atoms with Crippen LogP contribution in [-0.2, 0) is 11.2 Å². The molecule has 0 N–H and O–H groups in total. The standard InChI is InChI=1S/C10H9ClF2O2/c1-5(14)3-6-4-7(11)9(13)10(15-2)8(6)12/h4H,3H2,1-2H3. The zero-order valence-electron chi connectivity index (χ0n) is 8.23. The molecule has 0 atom stereocenters. The van der Waals surface area contributed by atoms with Crippen LogP contribution in [0.25, 0.3) is 0 Å². The molecule has 0 fully saturated rings. The van der Waals surface area contributed by atoms with Crippen molar-refractivity contribution < 1.29 is 18.3 Å². The average Bonchev–Trinajstić information content (AvgIpc) is 2.14. The predicted molar refractivity (Wildman–Crippen MR) is 52.3 cm³/mol. The van der Waals surface area contributed by atoms with E-state index in [1.165, 1.54) is 6.92 Å². The molecule has 0 aromatic heterocycles. The van der Waals surface area contributed by atoms with Crippen LogP contribution in [0.5, 0.6) is 5.75 Å². The second-order valence-corrected chi connectivity index (χ2v) is 3.46. The second-order valence-electron chi connectivity index (χ2n) is 3.06. The van der Waals surface area contributed by atoms with Crippen molar-refractivity contribution in [2.45, 2.75) is 13.3 Å². The molecule has 0 radical (unpaired) electrons. The molecule has 0 aliphatic heterocycles. The lowest BCUT2D eigenvalue weighted by Crippen LogP contribution is -2.03. The third kappa shape index (κ3) is 2.45. The number of hydrogen-bond acceptors (Lipinski definition) is 2. The Bertz CT molecular complexity index is 405. The Morgan fingerprint density at radius 3 is 2.53 bits per heavy atom. The smallest absolute Gasteiger partial charge is 0.192 e. The summed E-state index contributed by atoms with van der Waals surface area (Å²) >= 11 is 5.52. The van der Waals surface area contributed by atoms with E-state index in [1.54, 1.807) is 0 Å². The first-order valence-corrected chi connectivity index (χ1v) is 4.55. The van der Waals surface area contributed by atoms with E-state index >= 15 is 0 Å². The molecule has 82 valence electrons. The normalized spacial score (nSPS) is 10.2. The van der Waals surface area contributed by atoms with Crippen LogP contribution in [0.4, 0.5) is 8.78 Å². The van der Waals surface area contributed by atoms with Crippen LogP contribution in [0.3, 0.4) is 0 Å². The first kappa shape index (κ1) is 11.9. The topological polar surface area (TPSA) is 26.3 Å². The van der Waals surface area contributed by atoms with Crippen LogP contribution in [0, 0.1) is 11.6 Å². The third-order valence-corrected chi connectivity index (χ3v) is 2.11. The van der Waals surface area contributed by atoms with Gasteiger partial charge >= 0.3 is 0 Å². The van der Waals surface area contributed by atoms with Gasteiger partial charge in [-0.2, -0.15) is 0 Å². The molecule has 15 heavy (non-hydrogen) atoms. The van der Waals surface area contributed by atoms with Crippen LogP contribution < -0.4 is 4.74 Å². The van der Waals surface area contributed by atoms with Crippen molar-refractivity contribution in [1.82, 2.24) is 0 Å². The zero-order valence-corrected chi connectivity index (χ0v) is 8.99. The summed E-state index contributed by atoms with van der Waals surface area (Å²) in [6, 6.07) is 1.09. The number of halogens is 3. The van der Waals surface area contributed by atoms with E-state index in [1.807, 2.05) is 0 Å². The van der Waals surface area contributed by atoms with E-state index < -0.39 is 17.4 Å². The summed E-state index contributed by atoms with van der Waals surface area (Å²) in [5.74, 6) is -2.63. The van der Waals surface area contributed by atoms with Gasteiger partial charge < -0.3 is 4.74 Å². The second kappa shape index (κ2) is 4.57. The van der Waals surface area contributed by atoms with Crippen LogP contribution in [0.15, 0.2) is 6.07 Å². The maximum Gasteiger partial charge on any atom is 0.192 e. The Labute approximate surface area is 90.8 Å². The number of methoxy groups -OCH3 is 1. The SMILES string of the molecule is COc1c(F)c(Cl)cc(CC(C)=O)c1F. The highest BCUT2D eigenvalue weighted by Crippen LogP contribution is 2.30. The highest BCUT2D eigenvalue weighted by atomic mass is 35.5. The molecular formula is C10H9ClF2O2. The molecule has 1 rings (SSSR count). The molecule has 0 aliphatic rings. The van der Waals surface area contributed by atoms with Gasteiger partial charge in [-0.3, -0.25) is 4.79 Å². The van der Waals surface area contributed by atoms with E-state index in [2.05, 4.69) is 4.74 Å². The Morgan fingerprint density at radius 2 is 2.07 bits per heavy atom. The van der Waals surface area contributed by atoms with Gasteiger partial charge in [-0.25, -0.2) is 8.78 Å². The van der Waals surface area contributed by atoms with Crippen LogP contribution in [-0.4, -0.2) is 12.9 Å². The van der Waals surface area contributed by atoms with Crippen LogP contribution in [0.2, 0.25) is 5.02 Å². The van der Waals surface area contributed by atoms with Gasteiger partial charge in [0.2, 0.25) is 0 Å². The highest BCUT2D eigenvalue weighted by molar-refractivity contribution is 6.31. The Balaban J connectivity index is 3.30. The molecule has 0 saturated heterocycles. The number of carbonyl (C=O) groups is 1. The number of rotatable bonds is 3. The van der Waals surface area contributed by atoms with E-state index in [0.29, 0.717) is 0 Å². The fraction of sp³-hybridized carbons (Fsp3) is 0.300. The van der Waals surface area contributed by atoms with Crippen LogP contribution >= 0.6 is 11.6 Å². The van der Waals surface area contributed by atoms with Gasteiger partial charge in [0.1, 0.15) is 5.78 Å². The molecular weight excluding hydrogens is 226 g/mol. The lowest BCUT2D eigenvalue weighted by atomic mass is 10.1. The summed E-state index contributed by atoms with van der Waals surface area (Å²) in [5, 5.41) is -0.260. The Kier molecular flexibility index (Phi) is 3.63. The number of hydrogen-bond donors (Lipinski definition) is 0. The van der Waals surface area contributed by atoms with Gasteiger partial charge in [0.25, 0.3) is 0 Å². The minimum Gasteiger partial charge on any atom is -0.491 e. The molecule has 0 heterocycles. The van der Waals surface area contributed by atoms with Crippen molar-refractivity contribution in [3.63, 3.8) is 0 Å². The summed E-state index contributed by atoms with van der Waals surface area (Å²) in [7, 11) is 1.13. The van der Waals surface area contributed by atoms with Crippen molar-refractivity contribution in [2.75, 3.05) is 7.11 Å². The quantitative estimate of drug-likeness (QED) is 0.752. The van der Waals surface area contributed by atoms with Crippen LogP contribution in [0.1, 0.15) is 12.5 Å². The molecule has 0 aliphatic carbocycles. The van der Waals surface area contributed by atoms with Gasteiger partial charge in [-0.1, -0.05) is 11.6 Å². The molecule has 0 amide bonds. The molecule has 2 nitrogen and oxygen atoms in total. The van der Waals surface area contributed by atoms with E-state index in [0.717, 1.165) is 13.2 Å². The maximum absolute atomic E-state index is 13.5. The molecule has 0 saturated carbocycles. The van der Waals surface area contributed by atoms with Crippen molar-refractivity contribution >= 4 is 17.4 Å². The summed E-state index contributed by atoms with van der Waals surface area (Å²) in [4.78, 5) is 10.8. The van der Waals surface area contributed by atoms with Gasteiger partial charge in [0, 0.05) is 12.0 Å². The molecule has 1 aromatic rings. The van der Waals surface area contributed by atoms with E-state index in [9.17, 15) is 13.6 Å². The number of carbonyl (C=O) groups excluding carboxylic acids is 1. The molecule has 1 aromatic carbocycles. The van der Waals surface area contributed by atoms with E-state index in [4.69, 9.17) is 11.6 Å². The largest absolute Gasteiger partial charge is 0.491 e. The fourth-order valence-electron chi connectivity index (χ4n) is 1.21. The zero-order chi connectivity index (χ0) is 11.6. The Morgan fingerprint density at radius 1 is 1.47 bits per heavy atom. The van der Waals surface area contributed by atoms with Gasteiger partial charge in [-0.15, -0.1) is 0 Å².